The van der Waals surface area contributed by atoms with Crippen LogP contribution in [-0.4, -0.2) is 4.92 Å². The lowest BCUT2D eigenvalue weighted by Gasteiger charge is -2.11. The van der Waals surface area contributed by atoms with Crippen molar-refractivity contribution in [1.29, 1.82) is 0 Å². The minimum atomic E-state index is -4.54. The first-order valence-electron chi connectivity index (χ1n) is 5.66. The normalized spacial score (nSPS) is 11.2. The molecule has 2 aromatic rings. The average molecular weight is 300 g/mol. The zero-order valence-electron chi connectivity index (χ0n) is 10.3. The molecule has 0 saturated carbocycles. The first-order chi connectivity index (χ1) is 9.79. The molecule has 0 unspecified atom stereocenters. The SMILES string of the molecule is O=[N+]([O-])c1c(F)cccc1Nc1cccc(C(F)(F)F)c1. The number of alkyl halides is 3. The van der Waals surface area contributed by atoms with Crippen LogP contribution in [0.25, 0.3) is 0 Å². The van der Waals surface area contributed by atoms with Crippen molar-refractivity contribution < 1.29 is 22.5 Å². The van der Waals surface area contributed by atoms with Crippen molar-refractivity contribution in [2.75, 3.05) is 5.32 Å². The van der Waals surface area contributed by atoms with Crippen molar-refractivity contribution in [3.8, 4) is 0 Å². The Balaban J connectivity index is 2.40. The van der Waals surface area contributed by atoms with E-state index in [1.165, 1.54) is 18.2 Å². The monoisotopic (exact) mass is 300 g/mol. The van der Waals surface area contributed by atoms with Gasteiger partial charge in [0.05, 0.1) is 10.5 Å². The summed E-state index contributed by atoms with van der Waals surface area (Å²) in [6, 6.07) is 7.43. The maximum atomic E-state index is 13.4. The lowest BCUT2D eigenvalue weighted by atomic mass is 10.2. The summed E-state index contributed by atoms with van der Waals surface area (Å²) in [5.74, 6) is -1.07. The molecule has 8 heteroatoms. The molecule has 1 N–H and O–H groups in total. The second-order valence-corrected chi connectivity index (χ2v) is 4.10. The highest BCUT2D eigenvalue weighted by molar-refractivity contribution is 5.70. The lowest BCUT2D eigenvalue weighted by molar-refractivity contribution is -0.386. The summed E-state index contributed by atoms with van der Waals surface area (Å²) in [6.07, 6.45) is -4.54. The Morgan fingerprint density at radius 1 is 1.10 bits per heavy atom. The number of anilines is 2. The Labute approximate surface area is 116 Å². The minimum absolute atomic E-state index is 0.0291. The van der Waals surface area contributed by atoms with E-state index in [-0.39, 0.29) is 11.4 Å². The van der Waals surface area contributed by atoms with Gasteiger partial charge in [-0.1, -0.05) is 12.1 Å². The van der Waals surface area contributed by atoms with Gasteiger partial charge in [-0.05, 0) is 30.3 Å². The first kappa shape index (κ1) is 14.8. The molecule has 0 aliphatic rings. The summed E-state index contributed by atoms with van der Waals surface area (Å²) in [6.45, 7) is 0. The van der Waals surface area contributed by atoms with Crippen molar-refractivity contribution in [2.45, 2.75) is 6.18 Å². The number of hydrogen-bond donors (Lipinski definition) is 1. The molecule has 21 heavy (non-hydrogen) atoms. The fraction of sp³-hybridized carbons (Fsp3) is 0.0769. The zero-order valence-corrected chi connectivity index (χ0v) is 10.3. The fourth-order valence-corrected chi connectivity index (χ4v) is 1.73. The third-order valence-corrected chi connectivity index (χ3v) is 2.64. The van der Waals surface area contributed by atoms with E-state index >= 15 is 0 Å². The van der Waals surface area contributed by atoms with E-state index < -0.39 is 28.2 Å². The maximum Gasteiger partial charge on any atom is 0.416 e. The highest BCUT2D eigenvalue weighted by Gasteiger charge is 2.30. The third-order valence-electron chi connectivity index (χ3n) is 2.64. The summed E-state index contributed by atoms with van der Waals surface area (Å²) >= 11 is 0. The molecule has 4 nitrogen and oxygen atoms in total. The van der Waals surface area contributed by atoms with Crippen molar-refractivity contribution >= 4 is 17.1 Å². The van der Waals surface area contributed by atoms with Crippen molar-refractivity contribution in [3.63, 3.8) is 0 Å². The van der Waals surface area contributed by atoms with Gasteiger partial charge in [0.25, 0.3) is 0 Å². The zero-order chi connectivity index (χ0) is 15.6. The van der Waals surface area contributed by atoms with Crippen LogP contribution in [0.3, 0.4) is 0 Å². The molecule has 0 aromatic heterocycles. The highest BCUT2D eigenvalue weighted by atomic mass is 19.4. The van der Waals surface area contributed by atoms with Crippen LogP contribution in [0, 0.1) is 15.9 Å². The van der Waals surface area contributed by atoms with Crippen LogP contribution in [0.5, 0.6) is 0 Å². The number of nitro benzene ring substituents is 1. The number of nitro groups is 1. The standard InChI is InChI=1S/C13H8F4N2O2/c14-10-5-2-6-11(12(10)19(20)21)18-9-4-1-3-8(7-9)13(15,16)17/h1-7,18H. The van der Waals surface area contributed by atoms with E-state index in [0.29, 0.717) is 0 Å². The number of halogens is 4. The summed E-state index contributed by atoms with van der Waals surface area (Å²) in [5, 5.41) is 13.2. The molecule has 0 heterocycles. The molecule has 0 atom stereocenters. The van der Waals surface area contributed by atoms with E-state index in [0.717, 1.165) is 24.3 Å². The van der Waals surface area contributed by atoms with E-state index in [1.54, 1.807) is 0 Å². The number of rotatable bonds is 3. The van der Waals surface area contributed by atoms with Gasteiger partial charge in [0.1, 0.15) is 5.69 Å². The Morgan fingerprint density at radius 3 is 2.38 bits per heavy atom. The molecule has 110 valence electrons. The molecule has 2 aromatic carbocycles. The van der Waals surface area contributed by atoms with Gasteiger partial charge in [-0.25, -0.2) is 0 Å². The van der Waals surface area contributed by atoms with Gasteiger partial charge in [-0.2, -0.15) is 17.6 Å². The second-order valence-electron chi connectivity index (χ2n) is 4.10. The molecule has 2 rings (SSSR count). The highest BCUT2D eigenvalue weighted by Crippen LogP contribution is 2.33. The molecule has 0 aliphatic carbocycles. The van der Waals surface area contributed by atoms with Crippen molar-refractivity contribution in [3.05, 3.63) is 64.0 Å². The number of hydrogen-bond acceptors (Lipinski definition) is 3. The Bertz CT molecular complexity index is 686. The molecule has 0 bridgehead atoms. The number of para-hydroxylation sites is 1. The number of benzene rings is 2. The smallest absolute Gasteiger partial charge is 0.350 e. The Kier molecular flexibility index (Phi) is 3.79. The van der Waals surface area contributed by atoms with E-state index in [4.69, 9.17) is 0 Å². The number of nitrogens with zero attached hydrogens (tertiary/aromatic N) is 1. The van der Waals surface area contributed by atoms with E-state index in [2.05, 4.69) is 5.32 Å². The van der Waals surface area contributed by atoms with Crippen LogP contribution in [0.15, 0.2) is 42.5 Å². The summed E-state index contributed by atoms with van der Waals surface area (Å²) in [5.41, 5.74) is -1.99. The summed E-state index contributed by atoms with van der Waals surface area (Å²) in [4.78, 5) is 9.87. The van der Waals surface area contributed by atoms with Gasteiger partial charge in [0.2, 0.25) is 5.82 Å². The molecule has 0 fully saturated rings. The molecular weight excluding hydrogens is 292 g/mol. The predicted octanol–water partition coefficient (Wildman–Crippen LogP) is 4.50. The van der Waals surface area contributed by atoms with Gasteiger partial charge >= 0.3 is 11.9 Å². The molecule has 0 amide bonds. The van der Waals surface area contributed by atoms with Gasteiger partial charge in [0.15, 0.2) is 0 Å². The van der Waals surface area contributed by atoms with Crippen LogP contribution in [-0.2, 0) is 6.18 Å². The molecule has 0 radical (unpaired) electrons. The van der Waals surface area contributed by atoms with Crippen molar-refractivity contribution in [2.24, 2.45) is 0 Å². The van der Waals surface area contributed by atoms with Gasteiger partial charge < -0.3 is 5.32 Å². The van der Waals surface area contributed by atoms with Crippen LogP contribution in [0.4, 0.5) is 34.6 Å². The average Bonchev–Trinajstić information content (AvgIpc) is 2.37. The first-order valence-corrected chi connectivity index (χ1v) is 5.66. The van der Waals surface area contributed by atoms with Gasteiger partial charge in [-0.15, -0.1) is 0 Å². The molecular formula is C13H8F4N2O2. The van der Waals surface area contributed by atoms with Gasteiger partial charge in [0, 0.05) is 5.69 Å². The number of nitrogens with one attached hydrogen (secondary N) is 1. The van der Waals surface area contributed by atoms with E-state index in [9.17, 15) is 27.7 Å². The largest absolute Gasteiger partial charge is 0.416 e. The predicted molar refractivity (Wildman–Crippen MR) is 67.8 cm³/mol. The van der Waals surface area contributed by atoms with Crippen LogP contribution in [0.2, 0.25) is 0 Å². The van der Waals surface area contributed by atoms with Gasteiger partial charge in [-0.3, -0.25) is 10.1 Å². The fourth-order valence-electron chi connectivity index (χ4n) is 1.73. The molecule has 0 saturated heterocycles. The topological polar surface area (TPSA) is 55.2 Å². The quantitative estimate of drug-likeness (QED) is 0.516. The van der Waals surface area contributed by atoms with Crippen LogP contribution in [0.1, 0.15) is 5.56 Å². The lowest BCUT2D eigenvalue weighted by Crippen LogP contribution is -2.05. The van der Waals surface area contributed by atoms with Crippen molar-refractivity contribution in [1.82, 2.24) is 0 Å². The maximum absolute atomic E-state index is 13.4. The summed E-state index contributed by atoms with van der Waals surface area (Å²) < 4.78 is 51.2. The summed E-state index contributed by atoms with van der Waals surface area (Å²) in [7, 11) is 0. The third kappa shape index (κ3) is 3.28. The Morgan fingerprint density at radius 2 is 1.76 bits per heavy atom. The molecule has 0 spiro atoms. The van der Waals surface area contributed by atoms with Crippen LogP contribution >= 0.6 is 0 Å². The van der Waals surface area contributed by atoms with Crippen LogP contribution < -0.4 is 5.32 Å². The minimum Gasteiger partial charge on any atom is -0.350 e. The second kappa shape index (κ2) is 5.39. The Hall–Kier alpha value is -2.64. The van der Waals surface area contributed by atoms with E-state index in [1.807, 2.05) is 0 Å². The molecule has 0 aliphatic heterocycles.